The molecule has 1 spiro atoms. The molecule has 0 aromatic rings. The van der Waals surface area contributed by atoms with Gasteiger partial charge in [0, 0.05) is 13.5 Å². The van der Waals surface area contributed by atoms with Gasteiger partial charge in [-0.25, -0.2) is 0 Å². The van der Waals surface area contributed by atoms with E-state index in [2.05, 4.69) is 0 Å². The monoisotopic (exact) mass is 243 g/mol. The van der Waals surface area contributed by atoms with Crippen LogP contribution in [-0.4, -0.2) is 45.5 Å². The van der Waals surface area contributed by atoms with Gasteiger partial charge in [-0.3, -0.25) is 9.59 Å². The number of aliphatic carboxylic acids is 1. The van der Waals surface area contributed by atoms with Crippen LogP contribution in [0.2, 0.25) is 0 Å². The van der Waals surface area contributed by atoms with Crippen LogP contribution in [0.5, 0.6) is 0 Å². The molecule has 2 aliphatic heterocycles. The molecule has 1 atom stereocenters. The van der Waals surface area contributed by atoms with Crippen LogP contribution in [-0.2, 0) is 9.59 Å². The molecule has 0 aromatic carbocycles. The molecule has 90 valence electrons. The van der Waals surface area contributed by atoms with Crippen molar-refractivity contribution in [2.45, 2.75) is 31.7 Å². The van der Waals surface area contributed by atoms with Gasteiger partial charge in [0.25, 0.3) is 0 Å². The number of carboxylic acids is 1. The van der Waals surface area contributed by atoms with E-state index >= 15 is 0 Å². The molecular weight excluding hydrogens is 226 g/mol. The molecule has 1 amide bonds. The molecule has 0 aromatic heterocycles. The fraction of sp³-hybridized carbons (Fsp3) is 0.818. The predicted molar refractivity (Wildman–Crippen MR) is 62.4 cm³/mol. The molecule has 2 aliphatic rings. The first-order chi connectivity index (χ1) is 7.58. The van der Waals surface area contributed by atoms with Gasteiger partial charge in [0.1, 0.15) is 0 Å². The summed E-state index contributed by atoms with van der Waals surface area (Å²) in [4.78, 5) is 24.7. The second-order valence-corrected chi connectivity index (χ2v) is 5.79. The summed E-state index contributed by atoms with van der Waals surface area (Å²) in [6.07, 6.45) is 2.27. The number of nitrogens with zero attached hydrogens (tertiary/aromatic N) is 1. The number of carbonyl (C=O) groups is 2. The molecule has 0 aliphatic carbocycles. The average molecular weight is 243 g/mol. The predicted octanol–water partition coefficient (Wildman–Crippen LogP) is 1.21. The number of hydrogen-bond donors (Lipinski definition) is 1. The van der Waals surface area contributed by atoms with Crippen molar-refractivity contribution in [1.29, 1.82) is 0 Å². The molecular formula is C11H17NO3S. The lowest BCUT2D eigenvalue weighted by Crippen LogP contribution is -2.54. The number of thioether (sulfide) groups is 1. The number of amides is 1. The van der Waals surface area contributed by atoms with Crippen LogP contribution in [0.15, 0.2) is 0 Å². The molecule has 4 nitrogen and oxygen atoms in total. The van der Waals surface area contributed by atoms with E-state index < -0.39 is 5.97 Å². The normalized spacial score (nSPS) is 28.3. The number of rotatable bonds is 1. The number of carboxylic acid groups (broad SMARTS) is 1. The Balaban J connectivity index is 2.30. The van der Waals surface area contributed by atoms with E-state index in [9.17, 15) is 14.7 Å². The van der Waals surface area contributed by atoms with Crippen LogP contribution < -0.4 is 0 Å². The van der Waals surface area contributed by atoms with Gasteiger partial charge < -0.3 is 10.0 Å². The first-order valence-electron chi connectivity index (χ1n) is 5.67. The molecule has 1 N–H and O–H groups in total. The second kappa shape index (κ2) is 4.28. The van der Waals surface area contributed by atoms with Crippen LogP contribution in [0.1, 0.15) is 26.2 Å². The maximum atomic E-state index is 11.6. The molecule has 2 fully saturated rings. The molecule has 2 heterocycles. The number of likely N-dealkylation sites (tertiary alicyclic amines) is 1. The Hall–Kier alpha value is -0.710. The fourth-order valence-corrected chi connectivity index (χ4v) is 4.30. The summed E-state index contributed by atoms with van der Waals surface area (Å²) in [5.74, 6) is 0.852. The number of hydrogen-bond acceptors (Lipinski definition) is 3. The van der Waals surface area contributed by atoms with Crippen molar-refractivity contribution in [3.63, 3.8) is 0 Å². The van der Waals surface area contributed by atoms with Crippen molar-refractivity contribution in [2.24, 2.45) is 5.92 Å². The van der Waals surface area contributed by atoms with Crippen molar-refractivity contribution >= 4 is 23.6 Å². The standard InChI is InChI=1S/C11H17NO3S/c1-8(13)12-5-2-9(10(14)15)11(12)3-6-16-7-4-11/h9H,2-7H2,1H3,(H,14,15). The summed E-state index contributed by atoms with van der Waals surface area (Å²) in [6, 6.07) is 0. The fourth-order valence-electron chi connectivity index (χ4n) is 3.11. The van der Waals surface area contributed by atoms with E-state index in [0.29, 0.717) is 13.0 Å². The van der Waals surface area contributed by atoms with Crippen LogP contribution in [0.4, 0.5) is 0 Å². The zero-order valence-corrected chi connectivity index (χ0v) is 10.3. The van der Waals surface area contributed by atoms with Crippen molar-refractivity contribution in [3.8, 4) is 0 Å². The van der Waals surface area contributed by atoms with Gasteiger partial charge in [0.15, 0.2) is 0 Å². The van der Waals surface area contributed by atoms with Crippen LogP contribution >= 0.6 is 11.8 Å². The van der Waals surface area contributed by atoms with E-state index in [4.69, 9.17) is 0 Å². The van der Waals surface area contributed by atoms with Crippen LogP contribution in [0.3, 0.4) is 0 Å². The summed E-state index contributed by atoms with van der Waals surface area (Å²) in [6.45, 7) is 2.16. The van der Waals surface area contributed by atoms with E-state index in [1.54, 1.807) is 6.92 Å². The van der Waals surface area contributed by atoms with Gasteiger partial charge >= 0.3 is 5.97 Å². The molecule has 1 unspecified atom stereocenters. The largest absolute Gasteiger partial charge is 0.481 e. The highest BCUT2D eigenvalue weighted by Crippen LogP contribution is 2.44. The topological polar surface area (TPSA) is 57.6 Å². The minimum atomic E-state index is -0.740. The highest BCUT2D eigenvalue weighted by molar-refractivity contribution is 7.99. The lowest BCUT2D eigenvalue weighted by atomic mass is 9.79. The molecule has 16 heavy (non-hydrogen) atoms. The lowest BCUT2D eigenvalue weighted by molar-refractivity contribution is -0.147. The zero-order chi connectivity index (χ0) is 11.8. The first-order valence-corrected chi connectivity index (χ1v) is 6.82. The number of carbonyl (C=O) groups excluding carboxylic acids is 1. The molecule has 5 heteroatoms. The van der Waals surface area contributed by atoms with Gasteiger partial charge in [-0.05, 0) is 30.8 Å². The highest BCUT2D eigenvalue weighted by Gasteiger charge is 2.53. The third-order valence-corrected chi connectivity index (χ3v) is 4.85. The summed E-state index contributed by atoms with van der Waals surface area (Å²) in [5.41, 5.74) is -0.386. The van der Waals surface area contributed by atoms with Gasteiger partial charge in [0.05, 0.1) is 11.5 Å². The molecule has 2 rings (SSSR count). The molecule has 0 saturated carbocycles. The third kappa shape index (κ3) is 1.71. The maximum Gasteiger partial charge on any atom is 0.308 e. The SMILES string of the molecule is CC(=O)N1CCC(C(=O)O)C12CCSCC2. The molecule has 2 saturated heterocycles. The minimum absolute atomic E-state index is 0.0238. The van der Waals surface area contributed by atoms with E-state index in [1.165, 1.54) is 0 Å². The summed E-state index contributed by atoms with van der Waals surface area (Å²) < 4.78 is 0. The zero-order valence-electron chi connectivity index (χ0n) is 9.44. The Bertz CT molecular complexity index is 288. The molecule has 0 radical (unpaired) electrons. The lowest BCUT2D eigenvalue weighted by Gasteiger charge is -2.43. The van der Waals surface area contributed by atoms with Crippen LogP contribution in [0, 0.1) is 5.92 Å². The van der Waals surface area contributed by atoms with Gasteiger partial charge in [-0.2, -0.15) is 11.8 Å². The Labute approximate surface area is 99.4 Å². The van der Waals surface area contributed by atoms with Crippen molar-refractivity contribution in [1.82, 2.24) is 4.90 Å². The van der Waals surface area contributed by atoms with Crippen LogP contribution in [0.25, 0.3) is 0 Å². The van der Waals surface area contributed by atoms with E-state index in [0.717, 1.165) is 24.3 Å². The highest BCUT2D eigenvalue weighted by atomic mass is 32.2. The van der Waals surface area contributed by atoms with E-state index in [-0.39, 0.29) is 17.4 Å². The Kier molecular flexibility index (Phi) is 3.15. The Morgan fingerprint density at radius 3 is 2.50 bits per heavy atom. The Morgan fingerprint density at radius 2 is 2.00 bits per heavy atom. The van der Waals surface area contributed by atoms with Gasteiger partial charge in [0.2, 0.25) is 5.91 Å². The summed E-state index contributed by atoms with van der Waals surface area (Å²) in [7, 11) is 0. The first kappa shape index (κ1) is 11.8. The van der Waals surface area contributed by atoms with E-state index in [1.807, 2.05) is 16.7 Å². The van der Waals surface area contributed by atoms with Gasteiger partial charge in [-0.1, -0.05) is 0 Å². The second-order valence-electron chi connectivity index (χ2n) is 4.57. The average Bonchev–Trinajstić information content (AvgIpc) is 2.58. The molecule has 0 bridgehead atoms. The summed E-state index contributed by atoms with van der Waals surface area (Å²) >= 11 is 1.85. The summed E-state index contributed by atoms with van der Waals surface area (Å²) in [5, 5.41) is 9.29. The quantitative estimate of drug-likeness (QED) is 0.752. The van der Waals surface area contributed by atoms with Crippen molar-refractivity contribution < 1.29 is 14.7 Å². The van der Waals surface area contributed by atoms with Crippen molar-refractivity contribution in [3.05, 3.63) is 0 Å². The minimum Gasteiger partial charge on any atom is -0.481 e. The smallest absolute Gasteiger partial charge is 0.308 e. The maximum absolute atomic E-state index is 11.6. The third-order valence-electron chi connectivity index (χ3n) is 3.86. The Morgan fingerprint density at radius 1 is 1.38 bits per heavy atom. The van der Waals surface area contributed by atoms with Crippen molar-refractivity contribution in [2.75, 3.05) is 18.1 Å². The van der Waals surface area contributed by atoms with Gasteiger partial charge in [-0.15, -0.1) is 0 Å².